The minimum Gasteiger partial charge on any atom is -0.451 e. The highest BCUT2D eigenvalue weighted by Crippen LogP contribution is 2.58. The molecule has 0 atom stereocenters. The Morgan fingerprint density at radius 1 is 0.327 bits per heavy atom. The summed E-state index contributed by atoms with van der Waals surface area (Å²) in [5.41, 5.74) is 3.19. The van der Waals surface area contributed by atoms with Gasteiger partial charge in [-0.3, -0.25) is 0 Å². The Kier molecular flexibility index (Phi) is 21.2. The van der Waals surface area contributed by atoms with E-state index < -0.39 is 95.2 Å². The summed E-state index contributed by atoms with van der Waals surface area (Å²) in [5.74, 6) is -11.9. The molecule has 0 spiro atoms. The second-order valence-electron chi connectivity index (χ2n) is 25.8. The molecule has 0 aliphatic heterocycles. The molecule has 0 saturated heterocycles. The monoisotopic (exact) mass is 1530 g/mol. The molecule has 9 aromatic carbocycles. The fraction of sp³-hybridized carbons (Fsp3) is 0.148. The molecule has 29 heteroatoms. The highest BCUT2D eigenvalue weighted by molar-refractivity contribution is 7.55. The van der Waals surface area contributed by atoms with Crippen LogP contribution in [0.2, 0.25) is 0 Å². The first-order valence-electron chi connectivity index (χ1n) is 34.5. The van der Waals surface area contributed by atoms with E-state index in [0.717, 1.165) is 36.4 Å². The normalized spacial score (nSPS) is 11.9. The van der Waals surface area contributed by atoms with E-state index in [1.54, 1.807) is 54.6 Å². The molecule has 0 fully saturated rings. The first kappa shape index (κ1) is 73.6. The van der Waals surface area contributed by atoms with E-state index >= 15 is 39.5 Å². The van der Waals surface area contributed by atoms with Crippen molar-refractivity contribution in [2.75, 3.05) is 19.8 Å². The Hall–Kier alpha value is -11.9. The van der Waals surface area contributed by atoms with Gasteiger partial charge < -0.3 is 44.1 Å². The van der Waals surface area contributed by atoms with Crippen LogP contribution in [0.25, 0.3) is 66.9 Å². The zero-order chi connectivity index (χ0) is 76.3. The molecular weight excluding hydrogens is 1470 g/mol. The lowest BCUT2D eigenvalue weighted by Gasteiger charge is -2.16. The van der Waals surface area contributed by atoms with Crippen LogP contribution < -0.4 is 14.2 Å². The molecule has 0 bridgehead atoms. The maximum absolute atomic E-state index is 16.4. The number of benzene rings is 9. The standard InChI is InChI=1S/C81H61F12N9O7P/c82-61-19-16-52(107-76-64(85)37-67-55(73(76)91)22-25-94-67)34-58(61)79-97-40-49(100-79)31-46-10-1-7-43(70(46)88)13-4-28-104-110(103,105-29-5-14-44-8-2-11-47(71(44)89)32-50-41-98-80(101-50)59-35-53(17-20-62(59)83)108-77-65(86)38-68-56(74(77)92)23-26-95-68)106-30-6-15-45-9-3-12-48(72(45)90)33-51-42-99-81(102-51)60-36-54(18-21-63(60)84)109-78-66(87)39-69-57(75(78)93)24-27-96-69/h1-3,7-12,16-27,34-42,94-96,103H,4-6,13-15,28-33H2,(H,97,100)(H,98,101)(H,99,102)/q+1. The van der Waals surface area contributed by atoms with Crippen molar-refractivity contribution in [2.24, 2.45) is 0 Å². The molecule has 0 aliphatic rings. The number of aromatic amines is 6. The molecule has 0 radical (unpaired) electrons. The summed E-state index contributed by atoms with van der Waals surface area (Å²) in [6.07, 6.45) is 9.19. The number of aromatic nitrogens is 9. The van der Waals surface area contributed by atoms with Crippen molar-refractivity contribution in [3.8, 4) is 68.7 Å². The number of imidazole rings is 3. The predicted octanol–water partition coefficient (Wildman–Crippen LogP) is 21.0. The number of nitrogens with one attached hydrogen (secondary N) is 6. The van der Waals surface area contributed by atoms with Crippen LogP contribution in [0.3, 0.4) is 0 Å². The van der Waals surface area contributed by atoms with Gasteiger partial charge >= 0.3 is 8.17 Å². The average molecular weight is 1530 g/mol. The van der Waals surface area contributed by atoms with Gasteiger partial charge in [0.25, 0.3) is 0 Å². The minimum atomic E-state index is -4.23. The molecular formula is C81H61F12N9O7P+. The molecule has 0 aliphatic carbocycles. The second-order valence-corrected chi connectivity index (χ2v) is 27.5. The van der Waals surface area contributed by atoms with Crippen molar-refractivity contribution in [2.45, 2.75) is 57.8 Å². The van der Waals surface area contributed by atoms with E-state index in [1.165, 1.54) is 91.8 Å². The van der Waals surface area contributed by atoms with Gasteiger partial charge in [-0.15, -0.1) is 0 Å². The van der Waals surface area contributed by atoms with Crippen molar-refractivity contribution in [1.82, 2.24) is 44.9 Å². The van der Waals surface area contributed by atoms with Gasteiger partial charge in [0.05, 0.1) is 33.2 Å². The zero-order valence-electron chi connectivity index (χ0n) is 57.5. The molecule has 0 saturated carbocycles. The van der Waals surface area contributed by atoms with Crippen molar-refractivity contribution < 1.29 is 85.4 Å². The number of hydrogen-bond donors (Lipinski definition) is 7. The van der Waals surface area contributed by atoms with Crippen LogP contribution in [0.5, 0.6) is 34.5 Å². The van der Waals surface area contributed by atoms with Gasteiger partial charge in [0.15, 0.2) is 52.2 Å². The van der Waals surface area contributed by atoms with Crippen LogP contribution in [0.4, 0.5) is 52.7 Å². The first-order valence-corrected chi connectivity index (χ1v) is 36.0. The predicted molar refractivity (Wildman–Crippen MR) is 386 cm³/mol. The Morgan fingerprint density at radius 2 is 0.618 bits per heavy atom. The topological polar surface area (TPSA) is 209 Å². The van der Waals surface area contributed by atoms with Gasteiger partial charge in [0.1, 0.15) is 89.4 Å². The van der Waals surface area contributed by atoms with Crippen molar-refractivity contribution >= 4 is 40.9 Å². The van der Waals surface area contributed by atoms with Gasteiger partial charge in [-0.25, -0.2) is 67.6 Å². The molecule has 6 aromatic heterocycles. The fourth-order valence-corrected chi connectivity index (χ4v) is 14.2. The van der Waals surface area contributed by atoms with E-state index in [0.29, 0.717) is 17.1 Å². The molecule has 15 aromatic rings. The zero-order valence-corrected chi connectivity index (χ0v) is 58.4. The molecule has 6 heterocycles. The summed E-state index contributed by atoms with van der Waals surface area (Å²) in [6, 6.07) is 32.3. The average Bonchev–Trinajstić information content (AvgIpc) is 1.64. The summed E-state index contributed by atoms with van der Waals surface area (Å²) in [4.78, 5) is 42.1. The SMILES string of the molecule is O[P+](OCCCc1cccc(Cc2cnc(-c3cc(Oc4c(F)cc5[nH]ccc5c4F)ccc3F)[nH]2)c1F)(OCCCc1cccc(Cc2cnc(-c3cc(Oc4c(F)cc5[nH]ccc5c4F)ccc3F)[nH]2)c1F)OCCCc1cccc(Cc2cnc(-c3cc(Oc4c(F)cc5[nH]ccc5c4F)ccc3F)[nH]2)c1F. The highest BCUT2D eigenvalue weighted by atomic mass is 31.2. The van der Waals surface area contributed by atoms with Crippen LogP contribution in [-0.4, -0.2) is 69.6 Å². The van der Waals surface area contributed by atoms with Crippen LogP contribution in [-0.2, 0) is 52.1 Å². The number of aryl methyl sites for hydroxylation is 3. The Labute approximate surface area is 617 Å². The lowest BCUT2D eigenvalue weighted by molar-refractivity contribution is 0.0788. The summed E-state index contributed by atoms with van der Waals surface area (Å²) >= 11 is 0. The largest absolute Gasteiger partial charge is 0.572 e. The van der Waals surface area contributed by atoms with E-state index in [2.05, 4.69) is 44.9 Å². The summed E-state index contributed by atoms with van der Waals surface area (Å²) in [7, 11) is -4.23. The number of hydrogen-bond acceptors (Lipinski definition) is 10. The highest BCUT2D eigenvalue weighted by Gasteiger charge is 2.44. The second kappa shape index (κ2) is 31.7. The smallest absolute Gasteiger partial charge is 0.451 e. The Balaban J connectivity index is 0.588. The van der Waals surface area contributed by atoms with Gasteiger partial charge in [-0.05, 0) is 145 Å². The first-order chi connectivity index (χ1) is 53.3. The number of halogens is 12. The summed E-state index contributed by atoms with van der Waals surface area (Å²) in [5, 5.41) is 0.275. The molecule has 7 N–H and O–H groups in total. The maximum Gasteiger partial charge on any atom is 0.572 e. The van der Waals surface area contributed by atoms with Crippen molar-refractivity contribution in [1.29, 1.82) is 0 Å². The van der Waals surface area contributed by atoms with E-state index in [4.69, 9.17) is 27.8 Å². The lowest BCUT2D eigenvalue weighted by Crippen LogP contribution is -2.11. The quantitative estimate of drug-likeness (QED) is 0.0129. The molecule has 15 rings (SSSR count). The van der Waals surface area contributed by atoms with Crippen molar-refractivity contribution in [3.05, 3.63) is 303 Å². The van der Waals surface area contributed by atoms with E-state index in [9.17, 15) is 18.1 Å². The number of nitrogens with zero attached hydrogens (tertiary/aromatic N) is 3. The third-order valence-electron chi connectivity index (χ3n) is 18.4. The fourth-order valence-electron chi connectivity index (χ4n) is 12.9. The number of rotatable bonds is 30. The molecule has 560 valence electrons. The van der Waals surface area contributed by atoms with E-state index in [-0.39, 0.29) is 195 Å². The third-order valence-corrected chi connectivity index (χ3v) is 19.9. The van der Waals surface area contributed by atoms with Crippen molar-refractivity contribution in [3.63, 3.8) is 0 Å². The lowest BCUT2D eigenvalue weighted by atomic mass is 10.0. The number of ether oxygens (including phenoxy) is 3. The molecule has 0 amide bonds. The van der Waals surface area contributed by atoms with Gasteiger partial charge in [0, 0.05) is 108 Å². The van der Waals surface area contributed by atoms with Crippen LogP contribution in [0.1, 0.15) is 69.7 Å². The maximum atomic E-state index is 16.4. The van der Waals surface area contributed by atoms with Gasteiger partial charge in [-0.2, -0.15) is 18.5 Å². The minimum absolute atomic E-state index is 0.0145. The van der Waals surface area contributed by atoms with E-state index in [1.807, 2.05) is 0 Å². The van der Waals surface area contributed by atoms with Crippen LogP contribution in [0.15, 0.2) is 183 Å². The van der Waals surface area contributed by atoms with Gasteiger partial charge in [-0.1, -0.05) is 54.6 Å². The Bertz CT molecular complexity index is 5360. The van der Waals surface area contributed by atoms with Crippen LogP contribution >= 0.6 is 8.17 Å². The van der Waals surface area contributed by atoms with Crippen LogP contribution in [0, 0.1) is 69.8 Å². The molecule has 110 heavy (non-hydrogen) atoms. The number of H-pyrrole nitrogens is 6. The van der Waals surface area contributed by atoms with Gasteiger partial charge in [0.2, 0.25) is 0 Å². The summed E-state index contributed by atoms with van der Waals surface area (Å²) < 4.78 is 220. The summed E-state index contributed by atoms with van der Waals surface area (Å²) in [6.45, 7) is -0.630. The molecule has 16 nitrogen and oxygen atoms in total. The third kappa shape index (κ3) is 15.8. The Morgan fingerprint density at radius 3 is 0.918 bits per heavy atom. The molecule has 0 unspecified atom stereocenters. The number of fused-ring (bicyclic) bond motifs is 3.